The molecule has 0 aromatic carbocycles. The molecule has 48 heavy (non-hydrogen) atoms. The summed E-state index contributed by atoms with van der Waals surface area (Å²) in [7, 11) is 2.77. The van der Waals surface area contributed by atoms with E-state index in [2.05, 4.69) is 20.8 Å². The summed E-state index contributed by atoms with van der Waals surface area (Å²) < 4.78 is 15.4. The van der Waals surface area contributed by atoms with E-state index in [-0.39, 0.29) is 21.4 Å². The highest BCUT2D eigenvalue weighted by molar-refractivity contribution is 8.39. The van der Waals surface area contributed by atoms with Crippen molar-refractivity contribution >= 4 is 82.7 Å². The molecule has 0 radical (unpaired) electrons. The zero-order valence-corrected chi connectivity index (χ0v) is 27.6. The number of carbonyl (C=O) groups excluding carboxylic acids is 4. The number of carbonyl (C=O) groups is 6. The maximum Gasteiger partial charge on any atom is 0.352 e. The Labute approximate surface area is 284 Å². The van der Waals surface area contributed by atoms with Gasteiger partial charge in [-0.1, -0.05) is 35.3 Å². The normalized spacial score (nSPS) is 31.3. The lowest BCUT2D eigenvalue weighted by atomic mass is 9.98. The number of aliphatic hydroxyl groups excluding tert-OH is 3. The molecule has 0 bridgehead atoms. The van der Waals surface area contributed by atoms with Crippen molar-refractivity contribution < 1.29 is 68.5 Å². The molecule has 7 atom stereocenters. The lowest BCUT2D eigenvalue weighted by Gasteiger charge is -2.56. The number of fused-ring (bicyclic) bond motifs is 1. The number of esters is 1. The fourth-order valence-electron chi connectivity index (χ4n) is 4.82. The summed E-state index contributed by atoms with van der Waals surface area (Å²) in [4.78, 5) is 76.2. The number of primary amides is 1. The van der Waals surface area contributed by atoms with Crippen molar-refractivity contribution in [3.8, 4) is 0 Å². The van der Waals surface area contributed by atoms with E-state index in [0.29, 0.717) is 34.3 Å². The second-order valence-corrected chi connectivity index (χ2v) is 14.9. The third kappa shape index (κ3) is 6.24. The Morgan fingerprint density at radius 1 is 1.15 bits per heavy atom. The zero-order valence-electron chi connectivity index (χ0n) is 24.3. The summed E-state index contributed by atoms with van der Waals surface area (Å²) in [6.45, 7) is 0. The number of nitrogens with two attached hydrogens (primary N) is 1. The van der Waals surface area contributed by atoms with Crippen LogP contribution in [0.3, 0.4) is 0 Å². The van der Waals surface area contributed by atoms with E-state index in [1.807, 2.05) is 0 Å². The van der Waals surface area contributed by atoms with Gasteiger partial charge in [0.15, 0.2) is 6.10 Å². The van der Waals surface area contributed by atoms with Crippen molar-refractivity contribution in [3.63, 3.8) is 0 Å². The molecule has 5 unspecified atom stereocenters. The number of rotatable bonds is 11. The third-order valence-corrected chi connectivity index (χ3v) is 12.6. The Balaban J connectivity index is 1.25. The number of ether oxygens (including phenoxy) is 3. The van der Waals surface area contributed by atoms with Crippen LogP contribution < -0.4 is 11.1 Å². The van der Waals surface area contributed by atoms with E-state index in [4.69, 9.17) is 19.9 Å². The molecule has 0 aliphatic carbocycles. The van der Waals surface area contributed by atoms with Crippen molar-refractivity contribution in [2.75, 3.05) is 18.6 Å². The molecule has 3 saturated heterocycles. The first-order valence-electron chi connectivity index (χ1n) is 13.3. The van der Waals surface area contributed by atoms with Crippen LogP contribution in [0.1, 0.15) is 0 Å². The molecule has 5 heterocycles. The highest BCUT2D eigenvalue weighted by atomic mass is 32.3. The van der Waals surface area contributed by atoms with Gasteiger partial charge in [0.2, 0.25) is 17.4 Å². The van der Waals surface area contributed by atoms with Crippen LogP contribution in [0.4, 0.5) is 0 Å². The lowest BCUT2D eigenvalue weighted by molar-refractivity contribution is -0.285. The van der Waals surface area contributed by atoms with Crippen LogP contribution in [0.2, 0.25) is 0 Å². The minimum Gasteiger partial charge on any atom is -0.479 e. The van der Waals surface area contributed by atoms with Gasteiger partial charge >= 0.3 is 17.9 Å². The lowest BCUT2D eigenvalue weighted by Crippen LogP contribution is -2.81. The van der Waals surface area contributed by atoms with Crippen molar-refractivity contribution in [1.82, 2.24) is 30.4 Å². The molecule has 3 amide bonds. The van der Waals surface area contributed by atoms with Gasteiger partial charge in [-0.3, -0.25) is 19.3 Å². The van der Waals surface area contributed by atoms with Gasteiger partial charge in [-0.15, -0.1) is 16.9 Å². The summed E-state index contributed by atoms with van der Waals surface area (Å²) in [5, 5.41) is 62.1. The summed E-state index contributed by atoms with van der Waals surface area (Å²) in [6, 6.07) is 0. The topological polar surface area (TPSA) is 316 Å². The number of β-lactam (4-membered cyclic amide) rings is 1. The second kappa shape index (κ2) is 13.8. The number of aromatic nitrogens is 4. The Morgan fingerprint density at radius 3 is 2.40 bits per heavy atom. The predicted octanol–water partition coefficient (Wildman–Crippen LogP) is -4.05. The fraction of sp³-hybridized carbons (Fsp3) is 0.522. The van der Waals surface area contributed by atoms with Gasteiger partial charge in [-0.05, 0) is 16.0 Å². The van der Waals surface area contributed by atoms with Crippen LogP contribution in [-0.4, -0.2) is 151 Å². The number of aryl methyl sites for hydroxylation is 1. The molecule has 8 N–H and O–H groups in total. The molecule has 25 heteroatoms. The first-order valence-corrected chi connectivity index (χ1v) is 17.1. The van der Waals surface area contributed by atoms with E-state index in [1.165, 1.54) is 16.4 Å². The number of carboxylic acids is 2. The average molecular weight is 752 g/mol. The Bertz CT molecular complexity index is 1630. The van der Waals surface area contributed by atoms with Gasteiger partial charge < -0.3 is 50.8 Å². The molecule has 260 valence electrons. The number of aliphatic carboxylic acids is 2. The highest BCUT2D eigenvalue weighted by Crippen LogP contribution is 2.54. The first kappa shape index (κ1) is 35.9. The number of nitrogens with one attached hydrogen (secondary N) is 1. The van der Waals surface area contributed by atoms with Crippen LogP contribution >= 0.6 is 47.0 Å². The fourth-order valence-corrected chi connectivity index (χ4v) is 9.45. The van der Waals surface area contributed by atoms with Gasteiger partial charge in [-0.25, -0.2) is 19.1 Å². The molecular formula is C23H25N7O14S4. The number of methoxy groups -OCH3 is 1. The number of thioether (sulfide) groups is 4. The van der Waals surface area contributed by atoms with Crippen LogP contribution in [0, 0.1) is 0 Å². The molecule has 0 saturated carbocycles. The molecule has 1 aromatic rings. The van der Waals surface area contributed by atoms with Crippen LogP contribution in [0.5, 0.6) is 0 Å². The molecule has 1 aromatic heterocycles. The van der Waals surface area contributed by atoms with E-state index in [0.717, 1.165) is 23.8 Å². The van der Waals surface area contributed by atoms with Crippen LogP contribution in [0.15, 0.2) is 26.2 Å². The number of carboxylic acid groups (broad SMARTS) is 2. The Kier molecular flexibility index (Phi) is 10.3. The SMILES string of the molecule is CO[C@@]1(NC(=O)C2SC(=C(C(N)=O)C(=O)OC3OC(C(=O)O)C(O)C(O)C3O)S2)C(=O)N2C(C(=O)O)=C(CSc3nnnn3C)CS[C@@H]21. The quantitative estimate of drug-likeness (QED) is 0.0215. The summed E-state index contributed by atoms with van der Waals surface area (Å²) >= 11 is 3.68. The predicted molar refractivity (Wildman–Crippen MR) is 161 cm³/mol. The number of hydrogen-bond acceptors (Lipinski definition) is 19. The van der Waals surface area contributed by atoms with Gasteiger partial charge in [0.05, 0.1) is 4.24 Å². The number of nitrogens with zero attached hydrogens (tertiary/aromatic N) is 5. The monoisotopic (exact) mass is 751 g/mol. The number of tetrazole rings is 1. The maximum absolute atomic E-state index is 13.4. The van der Waals surface area contributed by atoms with Crippen molar-refractivity contribution in [2.45, 2.75) is 51.5 Å². The standard InChI is InChI=1S/C23H25N7O14S4/c1-29-22(26-27-28-29)46-4-5-3-45-21-23(42-2,20(41)30(21)7(5)14(36)37)25-13(35)19-47-18(48-19)6(12(24)34)16(40)44-17-10(33)8(31)9(32)11(43-17)15(38)39/h8-11,17,19,21,31-33H,3-4H2,1-2H3,(H2,24,34)(H,25,35)(H,36,37)(H,38,39)/t8?,9?,10?,11?,17?,19?,21-,23+/m1/s1. The molecular weight excluding hydrogens is 727 g/mol. The Morgan fingerprint density at radius 2 is 1.83 bits per heavy atom. The first-order chi connectivity index (χ1) is 22.6. The minimum absolute atomic E-state index is 0.107. The number of aliphatic hydroxyl groups is 3. The summed E-state index contributed by atoms with van der Waals surface area (Å²) in [6.07, 6.45) is -10.4. The zero-order chi connectivity index (χ0) is 35.2. The maximum atomic E-state index is 13.4. The third-order valence-electron chi connectivity index (χ3n) is 7.23. The molecule has 5 rings (SSSR count). The Hall–Kier alpha value is -3.43. The van der Waals surface area contributed by atoms with E-state index < -0.39 is 87.6 Å². The smallest absolute Gasteiger partial charge is 0.352 e. The van der Waals surface area contributed by atoms with Gasteiger partial charge in [0, 0.05) is 25.7 Å². The van der Waals surface area contributed by atoms with Crippen molar-refractivity contribution in [3.05, 3.63) is 21.1 Å². The molecule has 3 fully saturated rings. The van der Waals surface area contributed by atoms with E-state index >= 15 is 0 Å². The molecule has 21 nitrogen and oxygen atoms in total. The second-order valence-electron chi connectivity index (χ2n) is 10.1. The molecule has 0 spiro atoms. The molecule has 4 aliphatic rings. The van der Waals surface area contributed by atoms with Crippen molar-refractivity contribution in [2.24, 2.45) is 12.8 Å². The van der Waals surface area contributed by atoms with E-state index in [9.17, 15) is 54.3 Å². The van der Waals surface area contributed by atoms with Gasteiger partial charge in [0.25, 0.3) is 17.5 Å². The highest BCUT2D eigenvalue weighted by Gasteiger charge is 2.67. The molecule has 4 aliphatic heterocycles. The van der Waals surface area contributed by atoms with Crippen LogP contribution in [0.25, 0.3) is 0 Å². The van der Waals surface area contributed by atoms with E-state index in [1.54, 1.807) is 7.05 Å². The van der Waals surface area contributed by atoms with Gasteiger partial charge in [-0.2, -0.15) is 0 Å². The summed E-state index contributed by atoms with van der Waals surface area (Å²) in [5.74, 6) is -7.20. The number of amides is 3. The largest absolute Gasteiger partial charge is 0.479 e. The van der Waals surface area contributed by atoms with Gasteiger partial charge in [0.1, 0.15) is 39.5 Å². The summed E-state index contributed by atoms with van der Waals surface area (Å²) in [5.41, 5.74) is 2.76. The van der Waals surface area contributed by atoms with Crippen LogP contribution in [-0.2, 0) is 50.0 Å². The van der Waals surface area contributed by atoms with Crippen molar-refractivity contribution in [1.29, 1.82) is 0 Å². The number of hydrogen-bond donors (Lipinski definition) is 7. The minimum atomic E-state index is -2.11. The average Bonchev–Trinajstić information content (AvgIpc) is 3.43.